The van der Waals surface area contributed by atoms with Gasteiger partial charge in [-0.25, -0.2) is 13.4 Å². The van der Waals surface area contributed by atoms with Gasteiger partial charge in [-0.05, 0) is 24.1 Å². The van der Waals surface area contributed by atoms with Crippen molar-refractivity contribution in [1.82, 2.24) is 14.8 Å². The molecule has 8 heteroatoms. The Morgan fingerprint density at radius 3 is 2.40 bits per heavy atom. The Morgan fingerprint density at radius 1 is 1.03 bits per heavy atom. The fraction of sp³-hybridized carbons (Fsp3) is 0.455. The zero-order valence-corrected chi connectivity index (χ0v) is 17.9. The molecule has 4 rings (SSSR count). The maximum absolute atomic E-state index is 13.2. The number of carbonyl (C=O) groups excluding carboxylic acids is 1. The smallest absolute Gasteiger partial charge is 0.237 e. The zero-order valence-electron chi connectivity index (χ0n) is 17.1. The second-order valence-electron chi connectivity index (χ2n) is 8.02. The van der Waals surface area contributed by atoms with E-state index >= 15 is 0 Å². The molecule has 2 fully saturated rings. The molecule has 0 radical (unpaired) electrons. The molecule has 3 heterocycles. The Hall–Kier alpha value is -2.45. The first-order chi connectivity index (χ1) is 14.5. The van der Waals surface area contributed by atoms with Crippen LogP contribution in [-0.2, 0) is 21.2 Å². The second-order valence-corrected chi connectivity index (χ2v) is 10.2. The summed E-state index contributed by atoms with van der Waals surface area (Å²) < 4.78 is 24.0. The van der Waals surface area contributed by atoms with Gasteiger partial charge in [0.25, 0.3) is 0 Å². The molecule has 1 aromatic carbocycles. The molecule has 1 aromatic heterocycles. The topological polar surface area (TPSA) is 73.8 Å². The normalized spacial score (nSPS) is 21.5. The van der Waals surface area contributed by atoms with Gasteiger partial charge in [0.15, 0.2) is 9.84 Å². The highest BCUT2D eigenvalue weighted by Gasteiger charge is 2.35. The fourth-order valence-corrected chi connectivity index (χ4v) is 5.91. The van der Waals surface area contributed by atoms with E-state index in [0.29, 0.717) is 19.5 Å². The molecule has 0 aliphatic carbocycles. The van der Waals surface area contributed by atoms with Crippen LogP contribution >= 0.6 is 0 Å². The standard InChI is InChI=1S/C22H28N4O3S/c27-22(17-24-11-13-25(14-12-24)21-8-4-5-10-23-21)26(16-19-6-2-1-3-7-19)20-9-15-30(28,29)18-20/h1-8,10,20H,9,11-18H2/t20-/m0/s1. The van der Waals surface area contributed by atoms with Crippen molar-refractivity contribution in [3.8, 4) is 0 Å². The number of hydrogen-bond acceptors (Lipinski definition) is 6. The number of aromatic nitrogens is 1. The van der Waals surface area contributed by atoms with E-state index in [0.717, 1.165) is 37.6 Å². The molecule has 1 atom stereocenters. The summed E-state index contributed by atoms with van der Waals surface area (Å²) in [5.41, 5.74) is 1.02. The predicted octanol–water partition coefficient (Wildman–Crippen LogP) is 1.42. The number of rotatable bonds is 6. The number of pyridine rings is 1. The minimum atomic E-state index is -3.06. The van der Waals surface area contributed by atoms with Crippen LogP contribution < -0.4 is 4.90 Å². The van der Waals surface area contributed by atoms with Gasteiger partial charge in [0.1, 0.15) is 5.82 Å². The van der Waals surface area contributed by atoms with Gasteiger partial charge >= 0.3 is 0 Å². The van der Waals surface area contributed by atoms with Crippen molar-refractivity contribution in [2.24, 2.45) is 0 Å². The number of anilines is 1. The minimum Gasteiger partial charge on any atom is -0.354 e. The van der Waals surface area contributed by atoms with Crippen molar-refractivity contribution in [1.29, 1.82) is 0 Å². The predicted molar refractivity (Wildman–Crippen MR) is 117 cm³/mol. The Balaban J connectivity index is 1.39. The lowest BCUT2D eigenvalue weighted by Crippen LogP contribution is -2.51. The first kappa shape index (κ1) is 20.8. The van der Waals surface area contributed by atoms with E-state index in [1.54, 1.807) is 11.1 Å². The maximum Gasteiger partial charge on any atom is 0.237 e. The Labute approximate surface area is 178 Å². The molecule has 7 nitrogen and oxygen atoms in total. The number of nitrogens with zero attached hydrogens (tertiary/aromatic N) is 4. The molecular weight excluding hydrogens is 400 g/mol. The summed E-state index contributed by atoms with van der Waals surface area (Å²) in [7, 11) is -3.06. The first-order valence-electron chi connectivity index (χ1n) is 10.4. The molecular formula is C22H28N4O3S. The third kappa shape index (κ3) is 5.17. The third-order valence-corrected chi connectivity index (χ3v) is 7.62. The number of sulfone groups is 1. The molecule has 0 N–H and O–H groups in total. The number of benzene rings is 1. The second kappa shape index (κ2) is 9.14. The summed E-state index contributed by atoms with van der Waals surface area (Å²) in [6, 6.07) is 15.4. The van der Waals surface area contributed by atoms with Crippen LogP contribution in [0, 0.1) is 0 Å². The summed E-state index contributed by atoms with van der Waals surface area (Å²) in [6.45, 7) is 3.98. The van der Waals surface area contributed by atoms with Gasteiger partial charge < -0.3 is 9.80 Å². The van der Waals surface area contributed by atoms with Crippen LogP contribution in [0.5, 0.6) is 0 Å². The number of piperazine rings is 1. The quantitative estimate of drug-likeness (QED) is 0.693. The maximum atomic E-state index is 13.2. The molecule has 2 aromatic rings. The van der Waals surface area contributed by atoms with Crippen molar-refractivity contribution in [3.05, 3.63) is 60.3 Å². The lowest BCUT2D eigenvalue weighted by molar-refractivity contribution is -0.135. The highest BCUT2D eigenvalue weighted by Crippen LogP contribution is 2.21. The van der Waals surface area contributed by atoms with Crippen LogP contribution in [0.3, 0.4) is 0 Å². The molecule has 0 spiro atoms. The molecule has 30 heavy (non-hydrogen) atoms. The fourth-order valence-electron chi connectivity index (χ4n) is 4.18. The minimum absolute atomic E-state index is 0.00670. The van der Waals surface area contributed by atoms with E-state index in [4.69, 9.17) is 0 Å². The van der Waals surface area contributed by atoms with Crippen LogP contribution in [0.4, 0.5) is 5.82 Å². The molecule has 2 aliphatic heterocycles. The number of carbonyl (C=O) groups is 1. The van der Waals surface area contributed by atoms with Gasteiger partial charge in [-0.15, -0.1) is 0 Å². The van der Waals surface area contributed by atoms with Gasteiger partial charge in [0.05, 0.1) is 18.1 Å². The van der Waals surface area contributed by atoms with Gasteiger partial charge in [-0.1, -0.05) is 36.4 Å². The van der Waals surface area contributed by atoms with E-state index in [1.165, 1.54) is 0 Å². The van der Waals surface area contributed by atoms with Crippen molar-refractivity contribution in [3.63, 3.8) is 0 Å². The zero-order chi connectivity index (χ0) is 21.0. The Kier molecular flexibility index (Phi) is 6.34. The van der Waals surface area contributed by atoms with Gasteiger partial charge in [0.2, 0.25) is 5.91 Å². The number of hydrogen-bond donors (Lipinski definition) is 0. The summed E-state index contributed by atoms with van der Waals surface area (Å²) in [5, 5.41) is 0. The van der Waals surface area contributed by atoms with E-state index in [2.05, 4.69) is 14.8 Å². The van der Waals surface area contributed by atoms with Crippen molar-refractivity contribution >= 4 is 21.6 Å². The monoisotopic (exact) mass is 428 g/mol. The highest BCUT2D eigenvalue weighted by molar-refractivity contribution is 7.91. The summed E-state index contributed by atoms with van der Waals surface area (Å²) >= 11 is 0. The average Bonchev–Trinajstić information content (AvgIpc) is 3.13. The van der Waals surface area contributed by atoms with Crippen molar-refractivity contribution in [2.45, 2.75) is 19.0 Å². The average molecular weight is 429 g/mol. The largest absolute Gasteiger partial charge is 0.354 e. The highest BCUT2D eigenvalue weighted by atomic mass is 32.2. The molecule has 160 valence electrons. The molecule has 0 saturated carbocycles. The van der Waals surface area contributed by atoms with Crippen molar-refractivity contribution in [2.75, 3.05) is 49.1 Å². The van der Waals surface area contributed by atoms with Gasteiger partial charge in [-0.2, -0.15) is 0 Å². The molecule has 2 aliphatic rings. The molecule has 0 bridgehead atoms. The Morgan fingerprint density at radius 2 is 1.77 bits per heavy atom. The van der Waals surface area contributed by atoms with E-state index in [-0.39, 0.29) is 23.5 Å². The van der Waals surface area contributed by atoms with E-state index in [1.807, 2.05) is 48.5 Å². The van der Waals surface area contributed by atoms with Crippen LogP contribution in [0.2, 0.25) is 0 Å². The van der Waals surface area contributed by atoms with E-state index in [9.17, 15) is 13.2 Å². The van der Waals surface area contributed by atoms with Gasteiger partial charge in [-0.3, -0.25) is 9.69 Å². The summed E-state index contributed by atoms with van der Waals surface area (Å²) in [4.78, 5) is 23.8. The van der Waals surface area contributed by atoms with Gasteiger partial charge in [0, 0.05) is 45.0 Å². The lowest BCUT2D eigenvalue weighted by Gasteiger charge is -2.37. The molecule has 2 saturated heterocycles. The third-order valence-electron chi connectivity index (χ3n) is 5.87. The molecule has 0 unspecified atom stereocenters. The number of amides is 1. The van der Waals surface area contributed by atoms with Crippen LogP contribution in [-0.4, -0.2) is 79.4 Å². The summed E-state index contributed by atoms with van der Waals surface area (Å²) in [6.07, 6.45) is 2.32. The summed E-state index contributed by atoms with van der Waals surface area (Å²) in [5.74, 6) is 1.20. The molecule has 1 amide bonds. The Bertz CT molecular complexity index is 945. The lowest BCUT2D eigenvalue weighted by atomic mass is 10.1. The van der Waals surface area contributed by atoms with E-state index < -0.39 is 9.84 Å². The first-order valence-corrected chi connectivity index (χ1v) is 12.2. The van der Waals surface area contributed by atoms with Crippen LogP contribution in [0.25, 0.3) is 0 Å². The SMILES string of the molecule is O=C(CN1CCN(c2ccccn2)CC1)N(Cc1ccccc1)[C@H]1CCS(=O)(=O)C1. The van der Waals surface area contributed by atoms with Crippen molar-refractivity contribution < 1.29 is 13.2 Å². The van der Waals surface area contributed by atoms with Crippen LogP contribution in [0.15, 0.2) is 54.7 Å². The van der Waals surface area contributed by atoms with Crippen LogP contribution in [0.1, 0.15) is 12.0 Å².